The van der Waals surface area contributed by atoms with Gasteiger partial charge in [-0.1, -0.05) is 66.7 Å². The van der Waals surface area contributed by atoms with Gasteiger partial charge >= 0.3 is 0 Å². The molecule has 196 valence electrons. The third-order valence-electron chi connectivity index (χ3n) is 10.9. The predicted molar refractivity (Wildman–Crippen MR) is 147 cm³/mol. The summed E-state index contributed by atoms with van der Waals surface area (Å²) in [4.78, 5) is 58.3. The summed E-state index contributed by atoms with van der Waals surface area (Å²) in [6.45, 7) is 1.92. The van der Waals surface area contributed by atoms with Crippen LogP contribution in [0.3, 0.4) is 0 Å². The second kappa shape index (κ2) is 7.25. The average molecular weight is 527 g/mol. The van der Waals surface area contributed by atoms with E-state index in [0.29, 0.717) is 11.4 Å². The van der Waals surface area contributed by atoms with E-state index < -0.39 is 17.3 Å². The van der Waals surface area contributed by atoms with Gasteiger partial charge in [-0.15, -0.1) is 0 Å². The molecule has 6 heteroatoms. The van der Waals surface area contributed by atoms with E-state index in [1.54, 1.807) is 24.3 Å². The Hall–Kier alpha value is -4.32. The van der Waals surface area contributed by atoms with Crippen molar-refractivity contribution in [2.45, 2.75) is 25.2 Å². The summed E-state index contributed by atoms with van der Waals surface area (Å²) in [5.41, 5.74) is 4.60. The predicted octanol–water partition coefficient (Wildman–Crippen LogP) is 4.78. The number of benzene rings is 3. The molecule has 5 aliphatic carbocycles. The average Bonchev–Trinajstić information content (AvgIpc) is 3.69. The maximum Gasteiger partial charge on any atom is 0.241 e. The van der Waals surface area contributed by atoms with Crippen molar-refractivity contribution in [1.82, 2.24) is 0 Å². The fraction of sp³-hybridized carbons (Fsp3) is 0.294. The van der Waals surface area contributed by atoms with Crippen molar-refractivity contribution < 1.29 is 19.2 Å². The van der Waals surface area contributed by atoms with Crippen molar-refractivity contribution in [1.29, 1.82) is 0 Å². The molecule has 2 aliphatic heterocycles. The number of hydrogen-bond donors (Lipinski definition) is 0. The molecule has 4 amide bonds. The molecule has 6 atom stereocenters. The fourth-order valence-corrected chi connectivity index (χ4v) is 9.25. The first-order chi connectivity index (χ1) is 19.4. The number of fused-ring (bicyclic) bond motifs is 5. The largest absolute Gasteiger partial charge is 0.274 e. The Bertz CT molecular complexity index is 1640. The highest BCUT2D eigenvalue weighted by molar-refractivity contribution is 6.26. The van der Waals surface area contributed by atoms with Crippen molar-refractivity contribution in [2.24, 2.45) is 35.0 Å². The van der Waals surface area contributed by atoms with E-state index in [-0.39, 0.29) is 53.2 Å². The first-order valence-corrected chi connectivity index (χ1v) is 14.1. The van der Waals surface area contributed by atoms with E-state index in [4.69, 9.17) is 0 Å². The Labute approximate surface area is 231 Å². The monoisotopic (exact) mass is 526 g/mol. The normalized spacial score (nSPS) is 35.9. The van der Waals surface area contributed by atoms with E-state index in [1.165, 1.54) is 9.80 Å². The molecule has 1 saturated carbocycles. The van der Waals surface area contributed by atoms with Gasteiger partial charge in [0.25, 0.3) is 0 Å². The summed E-state index contributed by atoms with van der Waals surface area (Å²) in [6, 6.07) is 23.2. The molecular formula is C34H26N2O4. The number of amides is 4. The Kier molecular flexibility index (Phi) is 4.07. The Balaban J connectivity index is 1.12. The second-order valence-corrected chi connectivity index (χ2v) is 12.4. The third kappa shape index (κ3) is 2.39. The summed E-state index contributed by atoms with van der Waals surface area (Å²) >= 11 is 0. The van der Waals surface area contributed by atoms with Gasteiger partial charge in [0.1, 0.15) is 0 Å². The van der Waals surface area contributed by atoms with Crippen LogP contribution in [0.1, 0.15) is 47.4 Å². The van der Waals surface area contributed by atoms with Crippen LogP contribution in [-0.4, -0.2) is 23.6 Å². The van der Waals surface area contributed by atoms with Crippen molar-refractivity contribution in [3.05, 3.63) is 107 Å². The zero-order valence-electron chi connectivity index (χ0n) is 21.9. The van der Waals surface area contributed by atoms with Crippen LogP contribution in [0.5, 0.6) is 0 Å². The van der Waals surface area contributed by atoms with E-state index in [1.807, 2.05) is 31.2 Å². The van der Waals surface area contributed by atoms with Gasteiger partial charge in [-0.3, -0.25) is 19.2 Å². The Morgan fingerprint density at radius 3 is 1.70 bits per heavy atom. The van der Waals surface area contributed by atoms with Crippen LogP contribution >= 0.6 is 0 Å². The van der Waals surface area contributed by atoms with E-state index in [0.717, 1.165) is 28.7 Å². The summed E-state index contributed by atoms with van der Waals surface area (Å²) in [5, 5.41) is 0. The number of nitrogens with zero attached hydrogens (tertiary/aromatic N) is 2. The highest BCUT2D eigenvalue weighted by atomic mass is 16.2. The van der Waals surface area contributed by atoms with Gasteiger partial charge in [-0.05, 0) is 65.6 Å². The van der Waals surface area contributed by atoms with Gasteiger partial charge in [0.05, 0.1) is 34.5 Å². The van der Waals surface area contributed by atoms with Crippen LogP contribution in [0, 0.1) is 35.0 Å². The van der Waals surface area contributed by atoms with Crippen LogP contribution in [0.15, 0.2) is 84.9 Å². The van der Waals surface area contributed by atoms with Crippen LogP contribution in [0.4, 0.5) is 11.4 Å². The number of carbonyl (C=O) groups is 4. The van der Waals surface area contributed by atoms with Gasteiger partial charge in [-0.2, -0.15) is 0 Å². The van der Waals surface area contributed by atoms with E-state index in [9.17, 15) is 19.2 Å². The lowest BCUT2D eigenvalue weighted by atomic mass is 9.55. The number of rotatable bonds is 2. The van der Waals surface area contributed by atoms with Crippen LogP contribution < -0.4 is 9.80 Å². The summed E-state index contributed by atoms with van der Waals surface area (Å²) in [7, 11) is 0. The molecule has 3 aromatic rings. The molecule has 0 N–H and O–H groups in total. The topological polar surface area (TPSA) is 74.8 Å². The molecule has 2 saturated heterocycles. The highest BCUT2D eigenvalue weighted by Crippen LogP contribution is 2.62. The molecule has 2 heterocycles. The van der Waals surface area contributed by atoms with Gasteiger partial charge in [0, 0.05) is 11.8 Å². The number of allylic oxidation sites excluding steroid dienone is 2. The van der Waals surface area contributed by atoms with Gasteiger partial charge in [0.15, 0.2) is 0 Å². The van der Waals surface area contributed by atoms with Gasteiger partial charge in [0.2, 0.25) is 23.6 Å². The minimum absolute atomic E-state index is 0.0655. The summed E-state index contributed by atoms with van der Waals surface area (Å²) in [6.07, 6.45) is 5.01. The molecule has 0 aromatic heterocycles. The number of imide groups is 2. The van der Waals surface area contributed by atoms with Crippen LogP contribution in [0.25, 0.3) is 0 Å². The van der Waals surface area contributed by atoms with Crippen LogP contribution in [-0.2, 0) is 19.2 Å². The van der Waals surface area contributed by atoms with Crippen LogP contribution in [0.2, 0.25) is 0 Å². The maximum absolute atomic E-state index is 14.2. The minimum Gasteiger partial charge on any atom is -0.274 e. The van der Waals surface area contributed by atoms with Crippen molar-refractivity contribution in [3.8, 4) is 0 Å². The molecule has 3 fully saturated rings. The Morgan fingerprint density at radius 1 is 0.650 bits per heavy atom. The Morgan fingerprint density at radius 2 is 1.18 bits per heavy atom. The lowest BCUT2D eigenvalue weighted by Gasteiger charge is -2.45. The fourth-order valence-electron chi connectivity index (χ4n) is 9.25. The lowest BCUT2D eigenvalue weighted by molar-refractivity contribution is -0.127. The highest BCUT2D eigenvalue weighted by Gasteiger charge is 2.67. The quantitative estimate of drug-likeness (QED) is 0.356. The molecule has 10 rings (SSSR count). The summed E-state index contributed by atoms with van der Waals surface area (Å²) in [5.74, 6) is -2.34. The molecular weight excluding hydrogens is 500 g/mol. The first-order valence-electron chi connectivity index (χ1n) is 14.1. The number of anilines is 2. The zero-order valence-corrected chi connectivity index (χ0v) is 21.9. The first kappa shape index (κ1) is 22.5. The molecule has 40 heavy (non-hydrogen) atoms. The maximum atomic E-state index is 14.2. The van der Waals surface area contributed by atoms with Crippen molar-refractivity contribution in [2.75, 3.05) is 9.80 Å². The van der Waals surface area contributed by atoms with Gasteiger partial charge in [-0.25, -0.2) is 9.80 Å². The molecule has 4 bridgehead atoms. The van der Waals surface area contributed by atoms with Gasteiger partial charge < -0.3 is 0 Å². The van der Waals surface area contributed by atoms with Crippen molar-refractivity contribution >= 4 is 35.0 Å². The summed E-state index contributed by atoms with van der Waals surface area (Å²) < 4.78 is 0. The molecule has 3 aromatic carbocycles. The molecule has 7 aliphatic rings. The number of hydrogen-bond acceptors (Lipinski definition) is 4. The van der Waals surface area contributed by atoms with Crippen molar-refractivity contribution in [3.63, 3.8) is 0 Å². The minimum atomic E-state index is -0.739. The molecule has 6 nitrogen and oxygen atoms in total. The van der Waals surface area contributed by atoms with E-state index >= 15 is 0 Å². The molecule has 0 unspecified atom stereocenters. The SMILES string of the molecule is C[C@@]12C(=O)N(c3cccc(N4C(=O)[C@@H]5C6c7ccccc7C(c7ccccc76)[C@@H]5C4=O)c3)C(=O)[C@H]1[C@H]1C=C[C@@H]2C1. The number of carbonyl (C=O) groups excluding carboxylic acids is 4. The lowest BCUT2D eigenvalue weighted by Crippen LogP contribution is -2.41. The molecule has 0 radical (unpaired) electrons. The second-order valence-electron chi connectivity index (χ2n) is 12.4. The zero-order chi connectivity index (χ0) is 27.1. The smallest absolute Gasteiger partial charge is 0.241 e. The molecule has 0 spiro atoms. The van der Waals surface area contributed by atoms with E-state index in [2.05, 4.69) is 36.4 Å². The standard InChI is InChI=1S/C34H26N2O4/c1-34-18-14-13-17(15-18)29(34)32(39)36(33(34)40)20-8-6-7-19(16-20)35-30(37)27-25-21-9-2-3-10-22(21)26(28(27)31(35)38)24-12-5-4-11-23(24)25/h2-14,16-18,25-29H,15H2,1H3/t17-,18+,25?,26?,27-,28+,29+,34-/m0/s1. The third-order valence-corrected chi connectivity index (χ3v) is 10.9.